The smallest absolute Gasteiger partial charge is 0.329 e. The molecule has 2 aromatic carbocycles. The van der Waals surface area contributed by atoms with Crippen molar-refractivity contribution >= 4 is 27.5 Å². The van der Waals surface area contributed by atoms with Gasteiger partial charge in [0, 0.05) is 57.4 Å². The minimum absolute atomic E-state index is 0.0223. The molecule has 278 valence electrons. The second-order valence-corrected chi connectivity index (χ2v) is 17.6. The van der Waals surface area contributed by atoms with Crippen molar-refractivity contribution in [3.8, 4) is 11.8 Å². The van der Waals surface area contributed by atoms with Crippen LogP contribution in [0.3, 0.4) is 0 Å². The molecular weight excluding hydrogens is 677 g/mol. The molecule has 12 heteroatoms. The molecule has 5 aliphatic rings. The first-order valence-electron chi connectivity index (χ1n) is 18.8. The van der Waals surface area contributed by atoms with Crippen molar-refractivity contribution in [3.05, 3.63) is 70.8 Å². The Labute approximate surface area is 308 Å². The third-order valence-electron chi connectivity index (χ3n) is 11.9. The fraction of sp³-hybridized carbons (Fsp3) is 0.575. The van der Waals surface area contributed by atoms with Crippen LogP contribution in [0.25, 0.3) is 0 Å². The lowest BCUT2D eigenvalue weighted by Gasteiger charge is -2.46. The van der Waals surface area contributed by atoms with Crippen molar-refractivity contribution in [3.63, 3.8) is 0 Å². The Balaban J connectivity index is 1.25. The summed E-state index contributed by atoms with van der Waals surface area (Å²) in [7, 11) is -1.73. The number of nitriles is 1. The van der Waals surface area contributed by atoms with Gasteiger partial charge in [0.15, 0.2) is 0 Å². The lowest BCUT2D eigenvalue weighted by molar-refractivity contribution is 0.0131. The van der Waals surface area contributed by atoms with Crippen LogP contribution in [0.4, 0.5) is 10.5 Å². The van der Waals surface area contributed by atoms with Gasteiger partial charge in [0.2, 0.25) is 0 Å². The normalized spacial score (nSPS) is 31.5. The number of hydrogen-bond donors (Lipinski definition) is 1. The zero-order valence-corrected chi connectivity index (χ0v) is 31.5. The van der Waals surface area contributed by atoms with E-state index in [2.05, 4.69) is 57.3 Å². The van der Waals surface area contributed by atoms with Crippen LogP contribution in [0.1, 0.15) is 66.1 Å². The van der Waals surface area contributed by atoms with Gasteiger partial charge >= 0.3 is 6.03 Å². The molecule has 1 spiro atoms. The summed E-state index contributed by atoms with van der Waals surface area (Å²) >= 11 is 0. The number of aryl methyl sites for hydroxylation is 2. The van der Waals surface area contributed by atoms with Crippen molar-refractivity contribution in [1.82, 2.24) is 14.5 Å². The number of anilines is 1. The van der Waals surface area contributed by atoms with Crippen LogP contribution in [0.5, 0.6) is 5.75 Å². The first-order valence-corrected chi connectivity index (χ1v) is 20.5. The van der Waals surface area contributed by atoms with E-state index in [1.807, 2.05) is 24.0 Å². The molecule has 11 nitrogen and oxygen atoms in total. The average molecular weight is 729 g/mol. The maximum atomic E-state index is 14.6. The maximum Gasteiger partial charge on any atom is 0.329 e. The molecule has 7 rings (SSSR count). The molecule has 2 aliphatic carbocycles. The van der Waals surface area contributed by atoms with E-state index in [-0.39, 0.29) is 23.2 Å². The van der Waals surface area contributed by atoms with Crippen molar-refractivity contribution in [2.75, 3.05) is 70.2 Å². The molecule has 1 saturated heterocycles. The van der Waals surface area contributed by atoms with E-state index in [0.29, 0.717) is 63.2 Å². The minimum Gasteiger partial charge on any atom is -0.490 e. The standard InChI is InChI=1S/C40H52N6O5S/c1-28-9-13-34-30(22-28)7-5-15-40(34)26-46-24-32-10-12-33(32)36(50-3)8-4-6-29(2)25-52(49,43-39(48)45-20-18-44(17-16-41)19-21-45)42-38(47)31-11-14-37(51-27-40)35(46)23-31/h4,8-9,11,13-14,22-23,29,32-33,36H,5-7,10,12,15,17-21,24-27H2,1-3H3,(H,42,43,47,48,49)/b8-4+/t29-,32-,33+,36-,40-,52?/m0/s1. The molecule has 3 heterocycles. The van der Waals surface area contributed by atoms with Crippen LogP contribution in [0.15, 0.2) is 52.9 Å². The van der Waals surface area contributed by atoms with Crippen LogP contribution >= 0.6 is 0 Å². The number of fused-ring (bicyclic) bond motifs is 4. The molecule has 3 aliphatic heterocycles. The lowest BCUT2D eigenvalue weighted by Crippen LogP contribution is -2.53. The molecule has 0 aromatic heterocycles. The van der Waals surface area contributed by atoms with Gasteiger partial charge in [0.05, 0.1) is 36.8 Å². The summed E-state index contributed by atoms with van der Waals surface area (Å²) in [6.45, 7) is 8.38. The molecule has 1 saturated carbocycles. The highest BCUT2D eigenvalue weighted by molar-refractivity contribution is 7.92. The van der Waals surface area contributed by atoms with E-state index in [4.69, 9.17) is 14.7 Å². The molecule has 1 N–H and O–H groups in total. The second-order valence-electron chi connectivity index (χ2n) is 15.6. The number of nitrogens with one attached hydrogen (secondary N) is 1. The first kappa shape index (κ1) is 36.4. The van der Waals surface area contributed by atoms with Crippen molar-refractivity contribution in [1.29, 1.82) is 5.26 Å². The molecule has 2 fully saturated rings. The van der Waals surface area contributed by atoms with Crippen LogP contribution in [0, 0.1) is 36.0 Å². The number of methoxy groups -OCH3 is 1. The summed E-state index contributed by atoms with van der Waals surface area (Å²) in [6, 6.07) is 13.9. The van der Waals surface area contributed by atoms with E-state index in [0.717, 1.165) is 56.6 Å². The number of hydrogen-bond acceptors (Lipinski definition) is 8. The number of allylic oxidation sites excluding steroid dienone is 1. The molecule has 52 heavy (non-hydrogen) atoms. The summed E-state index contributed by atoms with van der Waals surface area (Å²) in [5.41, 5.74) is 4.97. The Morgan fingerprint density at radius 1 is 1.17 bits per heavy atom. The zero-order valence-electron chi connectivity index (χ0n) is 30.7. The van der Waals surface area contributed by atoms with Crippen molar-refractivity contribution < 1.29 is 23.3 Å². The Hall–Kier alpha value is -3.92. The summed E-state index contributed by atoms with van der Waals surface area (Å²) in [5.74, 6) is 0.750. The third-order valence-corrected chi connectivity index (χ3v) is 13.9. The van der Waals surface area contributed by atoms with Crippen LogP contribution < -0.4 is 14.4 Å². The number of urea groups is 1. The van der Waals surface area contributed by atoms with Gasteiger partial charge in [-0.2, -0.15) is 5.26 Å². The Kier molecular flexibility index (Phi) is 10.7. The van der Waals surface area contributed by atoms with E-state index in [9.17, 15) is 13.8 Å². The number of benzene rings is 2. The SMILES string of the molecule is CO[C@H]1/C=C/C[C@H](C)CS(=O)(NC(=O)N2CCN(CC#N)CC2)=NC(=O)c2ccc3c(c2)N(C[C@@H]2CC[C@H]21)C[C@@]1(CCCc2cc(C)ccc21)CO3. The van der Waals surface area contributed by atoms with Crippen LogP contribution in [-0.2, 0) is 26.5 Å². The highest BCUT2D eigenvalue weighted by Crippen LogP contribution is 2.47. The summed E-state index contributed by atoms with van der Waals surface area (Å²) in [6.07, 6.45) is 10.1. The Bertz CT molecular complexity index is 1880. The number of amides is 3. The van der Waals surface area contributed by atoms with E-state index in [1.54, 1.807) is 18.1 Å². The van der Waals surface area contributed by atoms with Gasteiger partial charge in [-0.1, -0.05) is 42.8 Å². The number of rotatable bonds is 3. The molecule has 2 aromatic rings. The molecule has 0 radical (unpaired) electrons. The van der Waals surface area contributed by atoms with Gasteiger partial charge in [-0.25, -0.2) is 9.00 Å². The highest BCUT2D eigenvalue weighted by atomic mass is 32.2. The van der Waals surface area contributed by atoms with Crippen LogP contribution in [-0.4, -0.2) is 97.3 Å². The van der Waals surface area contributed by atoms with Crippen LogP contribution in [0.2, 0.25) is 0 Å². The van der Waals surface area contributed by atoms with E-state index in [1.165, 1.54) is 16.7 Å². The molecule has 3 amide bonds. The molecule has 2 bridgehead atoms. The van der Waals surface area contributed by atoms with Gasteiger partial charge in [-0.05, 0) is 92.5 Å². The second kappa shape index (κ2) is 15.2. The number of nitrogens with zero attached hydrogens (tertiary/aromatic N) is 5. The molecule has 6 atom stereocenters. The number of carbonyl (C=O) groups is 2. The molecule has 1 unspecified atom stereocenters. The predicted molar refractivity (Wildman–Crippen MR) is 202 cm³/mol. The van der Waals surface area contributed by atoms with Crippen molar-refractivity contribution in [2.45, 2.75) is 63.9 Å². The van der Waals surface area contributed by atoms with Gasteiger partial charge in [-0.3, -0.25) is 14.4 Å². The quantitative estimate of drug-likeness (QED) is 0.326. The fourth-order valence-corrected chi connectivity index (χ4v) is 10.8. The fourth-order valence-electron chi connectivity index (χ4n) is 8.94. The maximum absolute atomic E-state index is 14.6. The number of carbonyl (C=O) groups excluding carboxylic acids is 2. The summed E-state index contributed by atoms with van der Waals surface area (Å²) < 4.78 is 34.4. The number of ether oxygens (including phenoxy) is 2. The topological polar surface area (TPSA) is 128 Å². The third kappa shape index (κ3) is 7.59. The molecular formula is C40H52N6O5S. The van der Waals surface area contributed by atoms with E-state index >= 15 is 0 Å². The highest BCUT2D eigenvalue weighted by Gasteiger charge is 2.44. The summed E-state index contributed by atoms with van der Waals surface area (Å²) in [5, 5.41) is 9.07. The monoisotopic (exact) mass is 728 g/mol. The lowest BCUT2D eigenvalue weighted by atomic mass is 9.68. The Morgan fingerprint density at radius 3 is 2.75 bits per heavy atom. The van der Waals surface area contributed by atoms with Gasteiger partial charge in [-0.15, -0.1) is 4.36 Å². The minimum atomic E-state index is -3.51. The van der Waals surface area contributed by atoms with Gasteiger partial charge in [0.1, 0.15) is 15.7 Å². The zero-order chi connectivity index (χ0) is 36.5. The Morgan fingerprint density at radius 2 is 2.00 bits per heavy atom. The van der Waals surface area contributed by atoms with Crippen molar-refractivity contribution in [2.24, 2.45) is 22.1 Å². The average Bonchev–Trinajstić information content (AvgIpc) is 3.26. The largest absolute Gasteiger partial charge is 0.490 e. The number of piperazine rings is 1. The predicted octanol–water partition coefficient (Wildman–Crippen LogP) is 5.48. The van der Waals surface area contributed by atoms with Gasteiger partial charge in [0.25, 0.3) is 5.91 Å². The summed E-state index contributed by atoms with van der Waals surface area (Å²) in [4.78, 5) is 33.5. The first-order chi connectivity index (χ1) is 25.1. The van der Waals surface area contributed by atoms with Gasteiger partial charge < -0.3 is 19.3 Å². The van der Waals surface area contributed by atoms with E-state index < -0.39 is 21.9 Å².